The average Bonchev–Trinajstić information content (AvgIpc) is 2.71. The second kappa shape index (κ2) is 4.44. The summed E-state index contributed by atoms with van der Waals surface area (Å²) < 4.78 is 1.35. The predicted octanol–water partition coefficient (Wildman–Crippen LogP) is 0.525. The Labute approximate surface area is 102 Å². The number of aromatic nitrogens is 4. The average molecular weight is 248 g/mol. The van der Waals surface area contributed by atoms with Crippen LogP contribution in [0.2, 0.25) is 0 Å². The van der Waals surface area contributed by atoms with Crippen molar-refractivity contribution in [2.24, 2.45) is 0 Å². The van der Waals surface area contributed by atoms with E-state index in [9.17, 15) is 9.59 Å². The summed E-state index contributed by atoms with van der Waals surface area (Å²) in [6, 6.07) is 2.82. The molecule has 2 heterocycles. The zero-order valence-corrected chi connectivity index (χ0v) is 9.97. The number of nitrogens with zero attached hydrogens (tertiary/aromatic N) is 3. The summed E-state index contributed by atoms with van der Waals surface area (Å²) in [5.74, 6) is -0.886. The molecule has 0 bridgehead atoms. The van der Waals surface area contributed by atoms with Gasteiger partial charge in [0, 0.05) is 17.5 Å². The summed E-state index contributed by atoms with van der Waals surface area (Å²) in [4.78, 5) is 28.9. The number of aromatic carboxylic acids is 1. The van der Waals surface area contributed by atoms with Crippen LogP contribution in [0.25, 0.3) is 5.95 Å². The van der Waals surface area contributed by atoms with E-state index in [-0.39, 0.29) is 17.2 Å². The number of aryl methyl sites for hydroxylation is 2. The SMILES string of the molecule is CCc1cc(C(=O)O)nn1-c1nc(C)cc(=O)[nH]1. The standard InChI is InChI=1S/C11H12N4O3/c1-3-7-5-8(10(17)18)14-15(7)11-12-6(2)4-9(16)13-11/h4-5H,3H2,1-2H3,(H,17,18)(H,12,13,16). The number of carboxylic acids is 1. The molecule has 0 atom stereocenters. The molecule has 0 unspecified atom stereocenters. The fraction of sp³-hybridized carbons (Fsp3) is 0.273. The first-order valence-corrected chi connectivity index (χ1v) is 5.42. The van der Waals surface area contributed by atoms with Gasteiger partial charge in [-0.3, -0.25) is 9.78 Å². The molecule has 0 fully saturated rings. The molecule has 7 heteroatoms. The molecule has 18 heavy (non-hydrogen) atoms. The Hall–Kier alpha value is -2.44. The number of rotatable bonds is 3. The molecule has 94 valence electrons. The molecule has 2 N–H and O–H groups in total. The van der Waals surface area contributed by atoms with Crippen molar-refractivity contribution >= 4 is 5.97 Å². The van der Waals surface area contributed by atoms with Crippen LogP contribution in [0.3, 0.4) is 0 Å². The van der Waals surface area contributed by atoms with Gasteiger partial charge in [-0.25, -0.2) is 14.5 Å². The number of aromatic amines is 1. The lowest BCUT2D eigenvalue weighted by atomic mass is 10.3. The Morgan fingerprint density at radius 1 is 1.50 bits per heavy atom. The quantitative estimate of drug-likeness (QED) is 0.824. The minimum absolute atomic E-state index is 0.0731. The molecule has 7 nitrogen and oxygen atoms in total. The van der Waals surface area contributed by atoms with Gasteiger partial charge in [-0.2, -0.15) is 5.10 Å². The smallest absolute Gasteiger partial charge is 0.356 e. The Morgan fingerprint density at radius 2 is 2.22 bits per heavy atom. The molecule has 0 saturated heterocycles. The topological polar surface area (TPSA) is 101 Å². The Balaban J connectivity index is 2.62. The molecule has 0 saturated carbocycles. The minimum atomic E-state index is -1.11. The first-order chi connectivity index (χ1) is 8.51. The number of hydrogen-bond acceptors (Lipinski definition) is 4. The van der Waals surface area contributed by atoms with Crippen LogP contribution in [-0.4, -0.2) is 30.8 Å². The van der Waals surface area contributed by atoms with E-state index in [1.165, 1.54) is 16.8 Å². The van der Waals surface area contributed by atoms with Gasteiger partial charge in [0.25, 0.3) is 5.56 Å². The van der Waals surface area contributed by atoms with Crippen molar-refractivity contribution in [3.05, 3.63) is 39.6 Å². The van der Waals surface area contributed by atoms with Gasteiger partial charge in [0.15, 0.2) is 5.69 Å². The van der Waals surface area contributed by atoms with E-state index in [0.29, 0.717) is 17.8 Å². The van der Waals surface area contributed by atoms with Crippen LogP contribution in [0.5, 0.6) is 0 Å². The summed E-state index contributed by atoms with van der Waals surface area (Å²) in [6.45, 7) is 3.55. The largest absolute Gasteiger partial charge is 0.476 e. The summed E-state index contributed by atoms with van der Waals surface area (Å²) in [5.41, 5.74) is 0.840. The van der Waals surface area contributed by atoms with Crippen molar-refractivity contribution in [3.8, 4) is 5.95 Å². The van der Waals surface area contributed by atoms with E-state index < -0.39 is 5.97 Å². The van der Waals surface area contributed by atoms with Crippen molar-refractivity contribution < 1.29 is 9.90 Å². The van der Waals surface area contributed by atoms with Crippen molar-refractivity contribution in [2.45, 2.75) is 20.3 Å². The maximum Gasteiger partial charge on any atom is 0.356 e. The second-order valence-electron chi connectivity index (χ2n) is 3.80. The minimum Gasteiger partial charge on any atom is -0.476 e. The van der Waals surface area contributed by atoms with Gasteiger partial charge in [-0.15, -0.1) is 0 Å². The zero-order valence-electron chi connectivity index (χ0n) is 9.97. The lowest BCUT2D eigenvalue weighted by molar-refractivity contribution is 0.0690. The molecule has 2 rings (SSSR count). The van der Waals surface area contributed by atoms with E-state index in [4.69, 9.17) is 5.11 Å². The first-order valence-electron chi connectivity index (χ1n) is 5.42. The van der Waals surface area contributed by atoms with Crippen LogP contribution in [0, 0.1) is 6.92 Å². The number of H-pyrrole nitrogens is 1. The van der Waals surface area contributed by atoms with E-state index in [2.05, 4.69) is 15.1 Å². The Bertz CT molecular complexity index is 657. The second-order valence-corrected chi connectivity index (χ2v) is 3.80. The van der Waals surface area contributed by atoms with E-state index in [1.54, 1.807) is 6.92 Å². The molecule has 0 aliphatic rings. The lowest BCUT2D eigenvalue weighted by Gasteiger charge is -2.04. The monoisotopic (exact) mass is 248 g/mol. The zero-order chi connectivity index (χ0) is 13.3. The molecule has 0 spiro atoms. The third-order valence-electron chi connectivity index (χ3n) is 2.42. The predicted molar refractivity (Wildman–Crippen MR) is 63.1 cm³/mol. The van der Waals surface area contributed by atoms with E-state index in [0.717, 1.165) is 0 Å². The van der Waals surface area contributed by atoms with Crippen molar-refractivity contribution in [2.75, 3.05) is 0 Å². The van der Waals surface area contributed by atoms with Gasteiger partial charge in [0.05, 0.1) is 0 Å². The molecule has 0 aromatic carbocycles. The maximum absolute atomic E-state index is 11.4. The van der Waals surface area contributed by atoms with Gasteiger partial charge >= 0.3 is 5.97 Å². The van der Waals surface area contributed by atoms with Crippen LogP contribution in [-0.2, 0) is 6.42 Å². The van der Waals surface area contributed by atoms with Crippen LogP contribution in [0.4, 0.5) is 0 Å². The normalized spacial score (nSPS) is 10.6. The summed E-state index contributed by atoms with van der Waals surface area (Å²) in [6.07, 6.45) is 0.581. The van der Waals surface area contributed by atoms with Gasteiger partial charge in [-0.05, 0) is 19.4 Å². The molecule has 0 aliphatic carbocycles. The van der Waals surface area contributed by atoms with Crippen molar-refractivity contribution in [1.82, 2.24) is 19.7 Å². The van der Waals surface area contributed by atoms with E-state index in [1.807, 2.05) is 6.92 Å². The third-order valence-corrected chi connectivity index (χ3v) is 2.42. The van der Waals surface area contributed by atoms with Gasteiger partial charge < -0.3 is 5.11 Å². The molecule has 2 aromatic rings. The van der Waals surface area contributed by atoms with Gasteiger partial charge in [-0.1, -0.05) is 6.92 Å². The highest BCUT2D eigenvalue weighted by molar-refractivity contribution is 5.85. The van der Waals surface area contributed by atoms with Crippen LogP contribution >= 0.6 is 0 Å². The molecule has 0 aliphatic heterocycles. The summed E-state index contributed by atoms with van der Waals surface area (Å²) in [5, 5.41) is 12.8. The summed E-state index contributed by atoms with van der Waals surface area (Å²) in [7, 11) is 0. The number of hydrogen-bond donors (Lipinski definition) is 2. The Kier molecular flexibility index (Phi) is 2.97. The first kappa shape index (κ1) is 12.0. The van der Waals surface area contributed by atoms with Crippen molar-refractivity contribution in [1.29, 1.82) is 0 Å². The number of carbonyl (C=O) groups is 1. The lowest BCUT2D eigenvalue weighted by Crippen LogP contribution is -2.15. The fourth-order valence-corrected chi connectivity index (χ4v) is 1.62. The summed E-state index contributed by atoms with van der Waals surface area (Å²) >= 11 is 0. The third kappa shape index (κ3) is 2.15. The Morgan fingerprint density at radius 3 is 2.78 bits per heavy atom. The highest BCUT2D eigenvalue weighted by Gasteiger charge is 2.14. The van der Waals surface area contributed by atoms with Gasteiger partial charge in [0.1, 0.15) is 0 Å². The van der Waals surface area contributed by atoms with Crippen molar-refractivity contribution in [3.63, 3.8) is 0 Å². The van der Waals surface area contributed by atoms with Crippen LogP contribution < -0.4 is 5.56 Å². The maximum atomic E-state index is 11.4. The van der Waals surface area contributed by atoms with Crippen LogP contribution in [0.15, 0.2) is 16.9 Å². The molecule has 0 radical (unpaired) electrons. The molecular formula is C11H12N4O3. The molecular weight excluding hydrogens is 236 g/mol. The van der Waals surface area contributed by atoms with Gasteiger partial charge in [0.2, 0.25) is 5.95 Å². The highest BCUT2D eigenvalue weighted by Crippen LogP contribution is 2.09. The highest BCUT2D eigenvalue weighted by atomic mass is 16.4. The molecule has 2 aromatic heterocycles. The number of carboxylic acid groups (broad SMARTS) is 1. The fourth-order valence-electron chi connectivity index (χ4n) is 1.62. The van der Waals surface area contributed by atoms with Crippen LogP contribution in [0.1, 0.15) is 28.8 Å². The number of nitrogens with one attached hydrogen (secondary N) is 1. The molecule has 0 amide bonds. The van der Waals surface area contributed by atoms with E-state index >= 15 is 0 Å².